The lowest BCUT2D eigenvalue weighted by Gasteiger charge is -2.35. The molecule has 2 rings (SSSR count). The number of benzene rings is 2. The van der Waals surface area contributed by atoms with Crippen LogP contribution in [0.15, 0.2) is 36.4 Å². The van der Waals surface area contributed by atoms with Gasteiger partial charge in [-0.25, -0.2) is 0 Å². The maximum Gasteiger partial charge on any atom is 0.142 e. The Labute approximate surface area is 151 Å². The van der Waals surface area contributed by atoms with E-state index in [-0.39, 0.29) is 5.41 Å². The second kappa shape index (κ2) is 8.15. The van der Waals surface area contributed by atoms with Crippen molar-refractivity contribution in [1.82, 2.24) is 0 Å². The van der Waals surface area contributed by atoms with Crippen LogP contribution in [0.1, 0.15) is 50.7 Å². The number of hydrogen-bond acceptors (Lipinski definition) is 4. The smallest absolute Gasteiger partial charge is 0.142 e. The summed E-state index contributed by atoms with van der Waals surface area (Å²) in [5.74, 6) is 1.43. The first kappa shape index (κ1) is 19.0. The van der Waals surface area contributed by atoms with Gasteiger partial charge < -0.3 is 20.9 Å². The molecule has 2 aromatic rings. The lowest BCUT2D eigenvalue weighted by molar-refractivity contribution is 0.402. The van der Waals surface area contributed by atoms with Crippen LogP contribution in [0.25, 0.3) is 0 Å². The molecule has 4 nitrogen and oxygen atoms in total. The molecule has 25 heavy (non-hydrogen) atoms. The molecule has 0 bridgehead atoms. The van der Waals surface area contributed by atoms with Crippen molar-refractivity contribution in [2.24, 2.45) is 0 Å². The second-order valence-corrected chi connectivity index (χ2v) is 6.45. The number of unbranched alkanes of at least 4 members (excludes halogenated alkanes) is 1. The molecule has 0 saturated carbocycles. The minimum atomic E-state index is -0.127. The quantitative estimate of drug-likeness (QED) is 0.679. The Morgan fingerprint density at radius 1 is 0.840 bits per heavy atom. The molecule has 0 aliphatic heterocycles. The number of methoxy groups -OCH3 is 2. The van der Waals surface area contributed by atoms with E-state index in [0.29, 0.717) is 22.9 Å². The topological polar surface area (TPSA) is 70.5 Å². The molecule has 0 atom stereocenters. The SMILES string of the molecule is CCCCC(CC)(c1ccc(N)c(OC)c1)c1ccc(N)c(OC)c1. The fourth-order valence-electron chi connectivity index (χ4n) is 3.54. The number of nitrogens with two attached hydrogens (primary N) is 2. The Balaban J connectivity index is 2.65. The van der Waals surface area contributed by atoms with E-state index in [1.54, 1.807) is 14.2 Å². The predicted octanol–water partition coefficient (Wildman–Crippen LogP) is 4.75. The van der Waals surface area contributed by atoms with Crippen LogP contribution in [-0.2, 0) is 5.41 Å². The lowest BCUT2D eigenvalue weighted by atomic mass is 9.69. The van der Waals surface area contributed by atoms with Gasteiger partial charge in [-0.2, -0.15) is 0 Å². The van der Waals surface area contributed by atoms with Crippen molar-refractivity contribution in [1.29, 1.82) is 0 Å². The largest absolute Gasteiger partial charge is 0.495 e. The number of nitrogen functional groups attached to an aromatic ring is 2. The average Bonchev–Trinajstić information content (AvgIpc) is 2.64. The third kappa shape index (κ3) is 3.68. The highest BCUT2D eigenvalue weighted by atomic mass is 16.5. The number of ether oxygens (including phenoxy) is 2. The summed E-state index contributed by atoms with van der Waals surface area (Å²) in [5, 5.41) is 0. The maximum atomic E-state index is 6.03. The van der Waals surface area contributed by atoms with Gasteiger partial charge in [-0.15, -0.1) is 0 Å². The van der Waals surface area contributed by atoms with E-state index in [2.05, 4.69) is 38.1 Å². The monoisotopic (exact) mass is 342 g/mol. The Bertz CT molecular complexity index is 660. The first-order chi connectivity index (χ1) is 12.0. The Kier molecular flexibility index (Phi) is 6.18. The molecular weight excluding hydrogens is 312 g/mol. The Morgan fingerprint density at radius 3 is 1.68 bits per heavy atom. The molecule has 0 fully saturated rings. The van der Waals surface area contributed by atoms with Crippen molar-refractivity contribution in [3.05, 3.63) is 47.5 Å². The summed E-state index contributed by atoms with van der Waals surface area (Å²) in [7, 11) is 3.31. The third-order valence-corrected chi connectivity index (χ3v) is 5.13. The van der Waals surface area contributed by atoms with Crippen molar-refractivity contribution >= 4 is 11.4 Å². The molecule has 4 heteroatoms. The summed E-state index contributed by atoms with van der Waals surface area (Å²) >= 11 is 0. The van der Waals surface area contributed by atoms with Gasteiger partial charge in [0.2, 0.25) is 0 Å². The first-order valence-electron chi connectivity index (χ1n) is 8.90. The highest BCUT2D eigenvalue weighted by Gasteiger charge is 2.33. The van der Waals surface area contributed by atoms with Crippen molar-refractivity contribution in [3.8, 4) is 11.5 Å². The van der Waals surface area contributed by atoms with Crippen molar-refractivity contribution in [3.63, 3.8) is 0 Å². The second-order valence-electron chi connectivity index (χ2n) is 6.45. The summed E-state index contributed by atoms with van der Waals surface area (Å²) in [5.41, 5.74) is 15.7. The van der Waals surface area contributed by atoms with Crippen LogP contribution in [0.5, 0.6) is 11.5 Å². The lowest BCUT2D eigenvalue weighted by Crippen LogP contribution is -2.27. The molecule has 0 heterocycles. The minimum absolute atomic E-state index is 0.127. The summed E-state index contributed by atoms with van der Waals surface area (Å²) in [4.78, 5) is 0. The van der Waals surface area contributed by atoms with E-state index in [4.69, 9.17) is 20.9 Å². The summed E-state index contributed by atoms with van der Waals surface area (Å²) < 4.78 is 10.9. The van der Waals surface area contributed by atoms with Gasteiger partial charge in [-0.05, 0) is 48.2 Å². The normalized spacial score (nSPS) is 11.4. The van der Waals surface area contributed by atoms with Crippen molar-refractivity contribution in [2.75, 3.05) is 25.7 Å². The zero-order chi connectivity index (χ0) is 18.4. The standard InChI is InChI=1S/C21H30N2O2/c1-5-7-12-21(6-2,15-8-10-17(22)19(13-15)24-3)16-9-11-18(23)20(14-16)25-4/h8-11,13-14H,5-7,12,22-23H2,1-4H3. The van der Waals surface area contributed by atoms with Gasteiger partial charge in [0.05, 0.1) is 25.6 Å². The highest BCUT2D eigenvalue weighted by molar-refractivity contribution is 5.59. The Hall–Kier alpha value is -2.36. The summed E-state index contributed by atoms with van der Waals surface area (Å²) in [6, 6.07) is 12.2. The van der Waals surface area contributed by atoms with Gasteiger partial charge in [-0.1, -0.05) is 38.8 Å². The van der Waals surface area contributed by atoms with Crippen LogP contribution in [0.3, 0.4) is 0 Å². The Morgan fingerprint density at radius 2 is 1.32 bits per heavy atom. The van der Waals surface area contributed by atoms with E-state index >= 15 is 0 Å². The van der Waals surface area contributed by atoms with Crippen molar-refractivity contribution in [2.45, 2.75) is 44.9 Å². The van der Waals surface area contributed by atoms with Gasteiger partial charge in [-0.3, -0.25) is 0 Å². The summed E-state index contributed by atoms with van der Waals surface area (Å²) in [6.07, 6.45) is 4.28. The molecule has 0 radical (unpaired) electrons. The third-order valence-electron chi connectivity index (χ3n) is 5.13. The maximum absolute atomic E-state index is 6.03. The highest BCUT2D eigenvalue weighted by Crippen LogP contribution is 2.44. The van der Waals surface area contributed by atoms with Crippen molar-refractivity contribution < 1.29 is 9.47 Å². The number of rotatable bonds is 8. The molecule has 0 saturated heterocycles. The fourth-order valence-corrected chi connectivity index (χ4v) is 3.54. The predicted molar refractivity (Wildman–Crippen MR) is 105 cm³/mol. The van der Waals surface area contributed by atoms with Gasteiger partial charge in [0.15, 0.2) is 0 Å². The fraction of sp³-hybridized carbons (Fsp3) is 0.429. The van der Waals surface area contributed by atoms with Gasteiger partial charge >= 0.3 is 0 Å². The molecule has 2 aromatic carbocycles. The van der Waals surface area contributed by atoms with Gasteiger partial charge in [0.25, 0.3) is 0 Å². The average molecular weight is 342 g/mol. The van der Waals surface area contributed by atoms with E-state index in [0.717, 1.165) is 25.7 Å². The van der Waals surface area contributed by atoms with Gasteiger partial charge in [0.1, 0.15) is 11.5 Å². The molecule has 136 valence electrons. The van der Waals surface area contributed by atoms with E-state index in [1.165, 1.54) is 11.1 Å². The molecule has 4 N–H and O–H groups in total. The van der Waals surface area contributed by atoms with Crippen LogP contribution in [0.2, 0.25) is 0 Å². The zero-order valence-corrected chi connectivity index (χ0v) is 15.8. The van der Waals surface area contributed by atoms with E-state index < -0.39 is 0 Å². The van der Waals surface area contributed by atoms with Crippen LogP contribution < -0.4 is 20.9 Å². The zero-order valence-electron chi connectivity index (χ0n) is 15.8. The molecule has 0 spiro atoms. The van der Waals surface area contributed by atoms with Crippen LogP contribution in [0.4, 0.5) is 11.4 Å². The molecule has 0 aliphatic rings. The first-order valence-corrected chi connectivity index (χ1v) is 8.90. The molecule has 0 unspecified atom stereocenters. The number of anilines is 2. The molecule has 0 amide bonds. The van der Waals surface area contributed by atoms with Crippen LogP contribution in [0, 0.1) is 0 Å². The van der Waals surface area contributed by atoms with E-state index in [1.807, 2.05) is 12.1 Å². The van der Waals surface area contributed by atoms with Gasteiger partial charge in [0, 0.05) is 5.41 Å². The summed E-state index contributed by atoms with van der Waals surface area (Å²) in [6.45, 7) is 4.44. The molecular formula is C21H30N2O2. The van der Waals surface area contributed by atoms with E-state index in [9.17, 15) is 0 Å². The number of hydrogen-bond donors (Lipinski definition) is 2. The van der Waals surface area contributed by atoms with Crippen LogP contribution >= 0.6 is 0 Å². The molecule has 0 aliphatic carbocycles. The minimum Gasteiger partial charge on any atom is -0.495 e. The van der Waals surface area contributed by atoms with Crippen LogP contribution in [-0.4, -0.2) is 14.2 Å². The molecule has 0 aromatic heterocycles.